The maximum absolute atomic E-state index is 13.1. The van der Waals surface area contributed by atoms with Crippen molar-refractivity contribution in [2.24, 2.45) is 26.6 Å². The lowest BCUT2D eigenvalue weighted by molar-refractivity contribution is -0.218. The molecule has 2 aromatic rings. The van der Waals surface area contributed by atoms with Gasteiger partial charge in [0.2, 0.25) is 0 Å². The number of amides is 2. The molecule has 1 saturated heterocycles. The van der Waals surface area contributed by atoms with Crippen LogP contribution in [0.3, 0.4) is 0 Å². The number of hydrogen-bond donors (Lipinski definition) is 5. The lowest BCUT2D eigenvalue weighted by Gasteiger charge is -2.50. The second-order valence-corrected chi connectivity index (χ2v) is 12.2. The van der Waals surface area contributed by atoms with E-state index in [0.717, 1.165) is 28.9 Å². The number of fused-ring (bicyclic) bond motifs is 1. The first kappa shape index (κ1) is 33.4. The molecule has 1 atom stereocenters. The van der Waals surface area contributed by atoms with Crippen LogP contribution in [0.1, 0.15) is 37.1 Å². The zero-order chi connectivity index (χ0) is 32.8. The minimum Gasteiger partial charge on any atom is -0.490 e. The van der Waals surface area contributed by atoms with Crippen LogP contribution in [0.4, 0.5) is 5.13 Å². The Morgan fingerprint density at radius 3 is 2.69 bits per heavy atom. The van der Waals surface area contributed by atoms with E-state index in [1.165, 1.54) is 25.6 Å². The molecular formula is C25H34N10O8S2. The van der Waals surface area contributed by atoms with Crippen molar-refractivity contribution in [1.82, 2.24) is 20.3 Å². The molecule has 0 spiro atoms. The highest BCUT2D eigenvalue weighted by Gasteiger charge is 2.58. The minimum atomic E-state index is -4.95. The van der Waals surface area contributed by atoms with Gasteiger partial charge in [-0.05, 0) is 43.5 Å². The van der Waals surface area contributed by atoms with Gasteiger partial charge in [0.25, 0.3) is 11.8 Å². The summed E-state index contributed by atoms with van der Waals surface area (Å²) < 4.78 is 41.2. The number of thiazole rings is 1. The number of aliphatic imine (C=N–C) groups is 2. The average Bonchev–Trinajstić information content (AvgIpc) is 3.61. The Balaban J connectivity index is 1.31. The van der Waals surface area contributed by atoms with Gasteiger partial charge in [-0.2, -0.15) is 13.5 Å². The van der Waals surface area contributed by atoms with E-state index in [4.69, 9.17) is 31.3 Å². The number of nitrogen functional groups attached to an aromatic ring is 1. The molecule has 1 aromatic heterocycles. The van der Waals surface area contributed by atoms with E-state index in [2.05, 4.69) is 29.7 Å². The molecule has 2 aliphatic rings. The van der Waals surface area contributed by atoms with Crippen molar-refractivity contribution in [3.8, 4) is 5.75 Å². The van der Waals surface area contributed by atoms with Gasteiger partial charge in [-0.15, -0.1) is 15.6 Å². The predicted octanol–water partition coefficient (Wildman–Crippen LogP) is -0.628. The van der Waals surface area contributed by atoms with Gasteiger partial charge in [-0.1, -0.05) is 11.2 Å². The molecule has 3 heterocycles. The molecule has 45 heavy (non-hydrogen) atoms. The van der Waals surface area contributed by atoms with Crippen LogP contribution in [-0.2, 0) is 42.2 Å². The van der Waals surface area contributed by atoms with Gasteiger partial charge >= 0.3 is 10.4 Å². The zero-order valence-corrected chi connectivity index (χ0v) is 26.1. The molecule has 2 amide bonds. The zero-order valence-electron chi connectivity index (χ0n) is 24.5. The Bertz CT molecular complexity index is 1610. The highest BCUT2D eigenvalue weighted by atomic mass is 32.3. The van der Waals surface area contributed by atoms with Crippen LogP contribution in [0.15, 0.2) is 38.7 Å². The number of aromatic nitrogens is 1. The first-order chi connectivity index (χ1) is 21.3. The lowest BCUT2D eigenvalue weighted by Crippen LogP contribution is -2.76. The summed E-state index contributed by atoms with van der Waals surface area (Å²) in [6.07, 6.45) is 2.01. The number of benzene rings is 1. The third kappa shape index (κ3) is 8.35. The third-order valence-corrected chi connectivity index (χ3v) is 7.76. The Morgan fingerprint density at radius 1 is 1.27 bits per heavy atom. The maximum atomic E-state index is 13.1. The van der Waals surface area contributed by atoms with Crippen LogP contribution in [-0.4, -0.2) is 95.6 Å². The van der Waals surface area contributed by atoms with E-state index in [9.17, 15) is 18.0 Å². The molecule has 4 rings (SSSR count). The number of ether oxygens (including phenoxy) is 1. The van der Waals surface area contributed by atoms with Crippen LogP contribution in [0, 0.1) is 0 Å². The fraction of sp³-hybridized carbons (Fsp3) is 0.440. The standard InChI is InChI=1S/C25H34N10O8S2/c1-25(2)20(22(37)35(25)43-45(38,39)40)32-21(36)19(18-13-44-24(28)31-18)33-42-9-8-41-17-5-4-15-11-34(12-16(15)10-17)23(27)30-7-3-6-29-14-26/h4-5,10,13-14,20H,3,6-9,11-12H2,1-2H3,(H2,26,29)(H2,27,30)(H2,28,31)(H,32,36)(H,38,39,40)/b33-19-. The van der Waals surface area contributed by atoms with Crippen molar-refractivity contribution in [2.45, 2.75) is 44.9 Å². The third-order valence-electron chi connectivity index (χ3n) is 6.75. The monoisotopic (exact) mass is 666 g/mol. The maximum Gasteiger partial charge on any atom is 0.418 e. The number of nitrogens with zero attached hydrogens (tertiary/aromatic N) is 6. The normalized spacial score (nSPS) is 18.2. The van der Waals surface area contributed by atoms with Crippen LogP contribution in [0.2, 0.25) is 0 Å². The summed E-state index contributed by atoms with van der Waals surface area (Å²) in [5, 5.41) is 8.46. The smallest absolute Gasteiger partial charge is 0.418 e. The number of carbonyl (C=O) groups excluding carboxylic acids is 2. The Kier molecular flexibility index (Phi) is 10.4. The first-order valence-corrected chi connectivity index (χ1v) is 15.8. The molecule has 2 aliphatic heterocycles. The van der Waals surface area contributed by atoms with Gasteiger partial charge in [-0.3, -0.25) is 24.1 Å². The van der Waals surface area contributed by atoms with E-state index >= 15 is 0 Å². The summed E-state index contributed by atoms with van der Waals surface area (Å²) in [6.45, 7) is 5.25. The SMILES string of the molecule is CC1(C)C(NC(=O)/C(=N\OCCOc2ccc3c(c2)CN(C(N)=NCCCN=CN)C3)c2csc(N)n2)C(=O)N1OS(=O)(=O)O. The van der Waals surface area contributed by atoms with E-state index < -0.39 is 33.8 Å². The second-order valence-electron chi connectivity index (χ2n) is 10.3. The summed E-state index contributed by atoms with van der Waals surface area (Å²) in [6, 6.07) is 4.48. The van der Waals surface area contributed by atoms with Gasteiger partial charge in [0.15, 0.2) is 23.4 Å². The number of oxime groups is 1. The summed E-state index contributed by atoms with van der Waals surface area (Å²) in [5.41, 5.74) is 17.8. The second kappa shape index (κ2) is 14.1. The summed E-state index contributed by atoms with van der Waals surface area (Å²) >= 11 is 1.06. The quantitative estimate of drug-likeness (QED) is 0.0421. The van der Waals surface area contributed by atoms with E-state index in [1.54, 1.807) is 0 Å². The molecular weight excluding hydrogens is 632 g/mol. The Hall–Kier alpha value is -4.53. The number of anilines is 1. The molecule has 0 radical (unpaired) electrons. The number of nitrogens with one attached hydrogen (secondary N) is 1. The van der Waals surface area contributed by atoms with Crippen molar-refractivity contribution in [1.29, 1.82) is 0 Å². The average molecular weight is 667 g/mol. The largest absolute Gasteiger partial charge is 0.490 e. The number of guanidine groups is 1. The van der Waals surface area contributed by atoms with Gasteiger partial charge in [0, 0.05) is 31.6 Å². The van der Waals surface area contributed by atoms with Crippen LogP contribution in [0.25, 0.3) is 0 Å². The number of β-lactam (4-membered cyclic amide) rings is 1. The van der Waals surface area contributed by atoms with Crippen molar-refractivity contribution in [2.75, 3.05) is 32.0 Å². The lowest BCUT2D eigenvalue weighted by atomic mass is 9.84. The molecule has 0 bridgehead atoms. The highest BCUT2D eigenvalue weighted by molar-refractivity contribution is 7.80. The molecule has 18 nitrogen and oxygen atoms in total. The number of nitrogens with two attached hydrogens (primary N) is 3. The molecule has 1 aromatic carbocycles. The molecule has 244 valence electrons. The van der Waals surface area contributed by atoms with Crippen molar-refractivity contribution >= 4 is 56.7 Å². The van der Waals surface area contributed by atoms with E-state index in [-0.39, 0.29) is 29.8 Å². The molecule has 1 unspecified atom stereocenters. The number of hydroxylamine groups is 2. The molecule has 8 N–H and O–H groups in total. The summed E-state index contributed by atoms with van der Waals surface area (Å²) in [4.78, 5) is 45.3. The Morgan fingerprint density at radius 2 is 2.02 bits per heavy atom. The van der Waals surface area contributed by atoms with Gasteiger partial charge in [0.05, 0.1) is 11.9 Å². The van der Waals surface area contributed by atoms with Crippen LogP contribution in [0.5, 0.6) is 5.75 Å². The van der Waals surface area contributed by atoms with Gasteiger partial charge < -0.3 is 37.0 Å². The summed E-state index contributed by atoms with van der Waals surface area (Å²) in [5.74, 6) is -0.689. The van der Waals surface area contributed by atoms with Crippen molar-refractivity contribution in [3.05, 3.63) is 40.4 Å². The molecule has 20 heteroatoms. The van der Waals surface area contributed by atoms with Crippen LogP contribution < -0.4 is 27.3 Å². The number of carbonyl (C=O) groups is 2. The Labute approximate surface area is 262 Å². The highest BCUT2D eigenvalue weighted by Crippen LogP contribution is 2.33. The van der Waals surface area contributed by atoms with Crippen molar-refractivity contribution < 1.29 is 36.4 Å². The molecule has 1 fully saturated rings. The molecule has 0 aliphatic carbocycles. The minimum absolute atomic E-state index is 0.0444. The topological polar surface area (TPSA) is 263 Å². The fourth-order valence-electron chi connectivity index (χ4n) is 4.48. The predicted molar refractivity (Wildman–Crippen MR) is 164 cm³/mol. The first-order valence-electron chi connectivity index (χ1n) is 13.5. The summed E-state index contributed by atoms with van der Waals surface area (Å²) in [7, 11) is -4.95. The van der Waals surface area contributed by atoms with Crippen LogP contribution >= 0.6 is 11.3 Å². The molecule has 0 saturated carbocycles. The van der Waals surface area contributed by atoms with Gasteiger partial charge in [0.1, 0.15) is 24.1 Å². The van der Waals surface area contributed by atoms with Gasteiger partial charge in [-0.25, -0.2) is 4.98 Å². The van der Waals surface area contributed by atoms with Crippen molar-refractivity contribution in [3.63, 3.8) is 0 Å². The number of hydrogen-bond acceptors (Lipinski definition) is 13. The van der Waals surface area contributed by atoms with E-state index in [1.807, 2.05) is 23.1 Å². The van der Waals surface area contributed by atoms with E-state index in [0.29, 0.717) is 43.0 Å². The fourth-order valence-corrected chi connectivity index (χ4v) is 5.48. The number of rotatable bonds is 14.